The monoisotopic (exact) mass is 234 g/mol. The van der Waals surface area contributed by atoms with Gasteiger partial charge in [0.05, 0.1) is 0 Å². The molecule has 0 amide bonds. The quantitative estimate of drug-likeness (QED) is 0.713. The SMILES string of the molecule is [B]c1c(Cc2ccccc2C)cccc1C(C)C. The predicted molar refractivity (Wildman–Crippen MR) is 79.9 cm³/mol. The van der Waals surface area contributed by atoms with E-state index in [1.54, 1.807) is 0 Å². The molecule has 0 fully saturated rings. The van der Waals surface area contributed by atoms with Gasteiger partial charge in [0.15, 0.2) is 0 Å². The van der Waals surface area contributed by atoms with Gasteiger partial charge >= 0.3 is 0 Å². The van der Waals surface area contributed by atoms with Crippen LogP contribution in [0.5, 0.6) is 0 Å². The number of rotatable bonds is 3. The molecule has 0 unspecified atom stereocenters. The largest absolute Gasteiger partial charge is 0.114 e. The topological polar surface area (TPSA) is 0 Å². The predicted octanol–water partition coefficient (Wildman–Crippen LogP) is 3.50. The molecule has 90 valence electrons. The first-order valence-corrected chi connectivity index (χ1v) is 6.51. The van der Waals surface area contributed by atoms with Crippen LogP contribution in [-0.4, -0.2) is 7.85 Å². The van der Waals surface area contributed by atoms with Crippen LogP contribution in [0, 0.1) is 6.92 Å². The van der Waals surface area contributed by atoms with E-state index in [-0.39, 0.29) is 0 Å². The van der Waals surface area contributed by atoms with E-state index in [2.05, 4.69) is 63.2 Å². The zero-order valence-corrected chi connectivity index (χ0v) is 11.4. The van der Waals surface area contributed by atoms with Crippen molar-refractivity contribution >= 4 is 13.3 Å². The molecular formula is C17H19B. The first kappa shape index (κ1) is 12.9. The van der Waals surface area contributed by atoms with E-state index in [1.165, 1.54) is 22.3 Å². The molecule has 0 aliphatic heterocycles. The lowest BCUT2D eigenvalue weighted by molar-refractivity contribution is 0.871. The van der Waals surface area contributed by atoms with Gasteiger partial charge in [0.1, 0.15) is 7.85 Å². The molecule has 0 N–H and O–H groups in total. The molecule has 0 atom stereocenters. The summed E-state index contributed by atoms with van der Waals surface area (Å²) >= 11 is 0. The maximum atomic E-state index is 6.28. The van der Waals surface area contributed by atoms with Crippen LogP contribution in [0.4, 0.5) is 0 Å². The van der Waals surface area contributed by atoms with Gasteiger partial charge in [-0.25, -0.2) is 0 Å². The average molecular weight is 234 g/mol. The van der Waals surface area contributed by atoms with Crippen LogP contribution in [0.15, 0.2) is 42.5 Å². The van der Waals surface area contributed by atoms with E-state index in [9.17, 15) is 0 Å². The summed E-state index contributed by atoms with van der Waals surface area (Å²) in [5.41, 5.74) is 6.12. The highest BCUT2D eigenvalue weighted by Gasteiger charge is 2.07. The minimum Gasteiger partial charge on any atom is -0.0898 e. The van der Waals surface area contributed by atoms with Crippen molar-refractivity contribution in [2.45, 2.75) is 33.1 Å². The molecule has 2 aromatic rings. The molecule has 2 rings (SSSR count). The molecule has 0 heterocycles. The van der Waals surface area contributed by atoms with Crippen molar-refractivity contribution in [3.63, 3.8) is 0 Å². The van der Waals surface area contributed by atoms with Crippen molar-refractivity contribution in [1.29, 1.82) is 0 Å². The number of hydrogen-bond acceptors (Lipinski definition) is 0. The van der Waals surface area contributed by atoms with Crippen molar-refractivity contribution in [3.8, 4) is 0 Å². The zero-order chi connectivity index (χ0) is 13.1. The van der Waals surface area contributed by atoms with Gasteiger partial charge in [0.2, 0.25) is 0 Å². The average Bonchev–Trinajstić information content (AvgIpc) is 2.34. The van der Waals surface area contributed by atoms with Gasteiger partial charge in [-0.2, -0.15) is 0 Å². The van der Waals surface area contributed by atoms with Crippen LogP contribution in [0.25, 0.3) is 0 Å². The summed E-state index contributed by atoms with van der Waals surface area (Å²) in [7, 11) is 6.28. The third kappa shape index (κ3) is 2.67. The van der Waals surface area contributed by atoms with E-state index < -0.39 is 0 Å². The van der Waals surface area contributed by atoms with Crippen LogP contribution < -0.4 is 5.46 Å². The van der Waals surface area contributed by atoms with E-state index in [1.807, 2.05) is 0 Å². The lowest BCUT2D eigenvalue weighted by atomic mass is 9.80. The molecule has 1 heteroatoms. The summed E-state index contributed by atoms with van der Waals surface area (Å²) in [4.78, 5) is 0. The molecule has 2 aromatic carbocycles. The molecule has 0 aliphatic carbocycles. The molecule has 0 saturated carbocycles. The molecule has 0 aliphatic rings. The van der Waals surface area contributed by atoms with Crippen molar-refractivity contribution in [2.75, 3.05) is 0 Å². The molecular weight excluding hydrogens is 215 g/mol. The fourth-order valence-electron chi connectivity index (χ4n) is 2.30. The summed E-state index contributed by atoms with van der Waals surface area (Å²) in [6.45, 7) is 6.52. The summed E-state index contributed by atoms with van der Waals surface area (Å²) in [5.74, 6) is 0.474. The number of hydrogen-bond donors (Lipinski definition) is 0. The Morgan fingerprint density at radius 3 is 2.28 bits per heavy atom. The summed E-state index contributed by atoms with van der Waals surface area (Å²) in [6, 6.07) is 14.9. The Balaban J connectivity index is 2.36. The Morgan fingerprint density at radius 2 is 1.61 bits per heavy atom. The van der Waals surface area contributed by atoms with Gasteiger partial charge in [-0.1, -0.05) is 72.9 Å². The number of aryl methyl sites for hydroxylation is 1. The molecule has 0 saturated heterocycles. The first-order valence-electron chi connectivity index (χ1n) is 6.51. The Kier molecular flexibility index (Phi) is 3.91. The molecule has 18 heavy (non-hydrogen) atoms. The smallest absolute Gasteiger partial charge is 0.0898 e. The van der Waals surface area contributed by atoms with E-state index in [0.29, 0.717) is 5.92 Å². The normalized spacial score (nSPS) is 10.9. The first-order chi connectivity index (χ1) is 8.59. The van der Waals surface area contributed by atoms with Crippen LogP contribution in [-0.2, 0) is 6.42 Å². The Bertz CT molecular complexity index is 541. The highest BCUT2D eigenvalue weighted by Crippen LogP contribution is 2.16. The zero-order valence-electron chi connectivity index (χ0n) is 11.4. The van der Waals surface area contributed by atoms with Crippen molar-refractivity contribution < 1.29 is 0 Å². The summed E-state index contributed by atoms with van der Waals surface area (Å²) < 4.78 is 0. The maximum absolute atomic E-state index is 6.28. The second-order valence-corrected chi connectivity index (χ2v) is 5.18. The van der Waals surface area contributed by atoms with Gasteiger partial charge < -0.3 is 0 Å². The van der Waals surface area contributed by atoms with E-state index in [0.717, 1.165) is 11.9 Å². The van der Waals surface area contributed by atoms with Crippen molar-refractivity contribution in [1.82, 2.24) is 0 Å². The minimum atomic E-state index is 0.474. The van der Waals surface area contributed by atoms with Crippen LogP contribution in [0.3, 0.4) is 0 Å². The number of benzene rings is 2. The highest BCUT2D eigenvalue weighted by molar-refractivity contribution is 6.34. The molecule has 2 radical (unpaired) electrons. The summed E-state index contributed by atoms with van der Waals surface area (Å²) in [5, 5.41) is 0. The van der Waals surface area contributed by atoms with E-state index in [4.69, 9.17) is 7.85 Å². The fourth-order valence-corrected chi connectivity index (χ4v) is 2.30. The van der Waals surface area contributed by atoms with Gasteiger partial charge in [-0.05, 0) is 30.4 Å². The molecule has 0 spiro atoms. The van der Waals surface area contributed by atoms with E-state index >= 15 is 0 Å². The maximum Gasteiger partial charge on any atom is 0.114 e. The van der Waals surface area contributed by atoms with Gasteiger partial charge in [0, 0.05) is 0 Å². The van der Waals surface area contributed by atoms with Crippen molar-refractivity contribution in [3.05, 3.63) is 64.7 Å². The summed E-state index contributed by atoms with van der Waals surface area (Å²) in [6.07, 6.45) is 0.916. The van der Waals surface area contributed by atoms with Crippen LogP contribution in [0.2, 0.25) is 0 Å². The van der Waals surface area contributed by atoms with Crippen molar-refractivity contribution in [2.24, 2.45) is 0 Å². The van der Waals surface area contributed by atoms with Gasteiger partial charge in [-0.3, -0.25) is 0 Å². The molecule has 0 aromatic heterocycles. The Hall–Kier alpha value is -1.50. The third-order valence-corrected chi connectivity index (χ3v) is 3.49. The lowest BCUT2D eigenvalue weighted by Crippen LogP contribution is -2.17. The lowest BCUT2D eigenvalue weighted by Gasteiger charge is -2.15. The highest BCUT2D eigenvalue weighted by atomic mass is 14.1. The second kappa shape index (κ2) is 5.43. The molecule has 0 bridgehead atoms. The third-order valence-electron chi connectivity index (χ3n) is 3.49. The standard InChI is InChI=1S/C17H19B/c1-12(2)16-10-6-9-15(17(16)18)11-14-8-5-4-7-13(14)3/h4-10,12H,11H2,1-3H3. The molecule has 0 nitrogen and oxygen atoms in total. The fraction of sp³-hybridized carbons (Fsp3) is 0.294. The minimum absolute atomic E-state index is 0.474. The van der Waals surface area contributed by atoms with Crippen LogP contribution >= 0.6 is 0 Å². The van der Waals surface area contributed by atoms with Gasteiger partial charge in [0.25, 0.3) is 0 Å². The Morgan fingerprint density at radius 1 is 0.944 bits per heavy atom. The Labute approximate surface area is 111 Å². The van der Waals surface area contributed by atoms with Gasteiger partial charge in [-0.15, -0.1) is 0 Å². The van der Waals surface area contributed by atoms with Crippen LogP contribution in [0.1, 0.15) is 42.0 Å². The second-order valence-electron chi connectivity index (χ2n) is 5.18.